The SMILES string of the molecule is Cc1cccc(-c2cc(-c3cccc(C)c3)cc(-c3c4ccccc4c(-c4ccccc4)c4ccccc34)c2)c1. The van der Waals surface area contributed by atoms with E-state index in [4.69, 9.17) is 0 Å². The van der Waals surface area contributed by atoms with Crippen molar-refractivity contribution < 1.29 is 0 Å². The van der Waals surface area contributed by atoms with E-state index in [0.717, 1.165) is 0 Å². The molecule has 0 N–H and O–H groups in total. The first-order chi connectivity index (χ1) is 19.7. The lowest BCUT2D eigenvalue weighted by molar-refractivity contribution is 1.46. The van der Waals surface area contributed by atoms with Crippen LogP contribution in [-0.4, -0.2) is 0 Å². The quantitative estimate of drug-likeness (QED) is 0.207. The molecular formula is C40H30. The third-order valence-electron chi connectivity index (χ3n) is 7.92. The average molecular weight is 511 g/mol. The standard InChI is InChI=1S/C40H30/c1-27-12-10-16-30(22-27)32-24-33(31-17-11-13-28(2)23-31)26-34(25-32)40-37-20-8-6-18-35(37)39(29-14-4-3-5-15-29)36-19-7-9-21-38(36)40/h3-26H,1-2H3. The second kappa shape index (κ2) is 9.98. The second-order valence-corrected chi connectivity index (χ2v) is 10.7. The summed E-state index contributed by atoms with van der Waals surface area (Å²) in [6.07, 6.45) is 0. The van der Waals surface area contributed by atoms with E-state index in [2.05, 4.69) is 159 Å². The zero-order valence-electron chi connectivity index (χ0n) is 22.9. The Morgan fingerprint density at radius 2 is 0.650 bits per heavy atom. The summed E-state index contributed by atoms with van der Waals surface area (Å²) in [6.45, 7) is 4.33. The van der Waals surface area contributed by atoms with E-state index in [-0.39, 0.29) is 0 Å². The first-order valence-electron chi connectivity index (χ1n) is 13.9. The average Bonchev–Trinajstić information content (AvgIpc) is 3.00. The number of benzene rings is 7. The molecule has 0 heterocycles. The van der Waals surface area contributed by atoms with E-state index in [9.17, 15) is 0 Å². The van der Waals surface area contributed by atoms with Crippen LogP contribution in [0.4, 0.5) is 0 Å². The fourth-order valence-electron chi connectivity index (χ4n) is 6.11. The number of fused-ring (bicyclic) bond motifs is 2. The van der Waals surface area contributed by atoms with Gasteiger partial charge in [0.2, 0.25) is 0 Å². The van der Waals surface area contributed by atoms with Gasteiger partial charge in [-0.3, -0.25) is 0 Å². The minimum absolute atomic E-state index is 1.23. The number of rotatable bonds is 4. The highest BCUT2D eigenvalue weighted by Crippen LogP contribution is 2.45. The Labute approximate surface area is 236 Å². The Hall–Kier alpha value is -4.94. The summed E-state index contributed by atoms with van der Waals surface area (Å²) in [6, 6.07) is 53.3. The molecule has 0 bridgehead atoms. The zero-order valence-corrected chi connectivity index (χ0v) is 22.9. The predicted octanol–water partition coefficient (Wildman–Crippen LogP) is 11.3. The molecule has 0 aliphatic rings. The summed E-state index contributed by atoms with van der Waals surface area (Å²) >= 11 is 0. The van der Waals surface area contributed by atoms with Crippen LogP contribution in [0.15, 0.2) is 146 Å². The lowest BCUT2D eigenvalue weighted by Crippen LogP contribution is -1.92. The lowest BCUT2D eigenvalue weighted by atomic mass is 9.84. The van der Waals surface area contributed by atoms with Gasteiger partial charge in [0, 0.05) is 0 Å². The number of hydrogen-bond acceptors (Lipinski definition) is 0. The number of aryl methyl sites for hydroxylation is 2. The van der Waals surface area contributed by atoms with Gasteiger partial charge in [-0.2, -0.15) is 0 Å². The normalized spacial score (nSPS) is 11.2. The highest BCUT2D eigenvalue weighted by molar-refractivity contribution is 6.21. The summed E-state index contributed by atoms with van der Waals surface area (Å²) in [7, 11) is 0. The van der Waals surface area contributed by atoms with Crippen LogP contribution in [-0.2, 0) is 0 Å². The van der Waals surface area contributed by atoms with Gasteiger partial charge >= 0.3 is 0 Å². The summed E-state index contributed by atoms with van der Waals surface area (Å²) in [5.74, 6) is 0. The Kier molecular flexibility index (Phi) is 6.02. The van der Waals surface area contributed by atoms with Crippen LogP contribution < -0.4 is 0 Å². The van der Waals surface area contributed by atoms with Gasteiger partial charge in [0.05, 0.1) is 0 Å². The van der Waals surface area contributed by atoms with Crippen LogP contribution in [0.2, 0.25) is 0 Å². The topological polar surface area (TPSA) is 0 Å². The van der Waals surface area contributed by atoms with Gasteiger partial charge in [-0.25, -0.2) is 0 Å². The Morgan fingerprint density at radius 3 is 1.10 bits per heavy atom. The fourth-order valence-corrected chi connectivity index (χ4v) is 6.11. The van der Waals surface area contributed by atoms with Gasteiger partial charge in [-0.15, -0.1) is 0 Å². The summed E-state index contributed by atoms with van der Waals surface area (Å²) in [4.78, 5) is 0. The van der Waals surface area contributed by atoms with E-state index in [1.54, 1.807) is 0 Å². The minimum Gasteiger partial charge on any atom is -0.0622 e. The molecule has 7 rings (SSSR count). The van der Waals surface area contributed by atoms with Crippen molar-refractivity contribution in [3.63, 3.8) is 0 Å². The lowest BCUT2D eigenvalue weighted by Gasteiger charge is -2.19. The molecule has 0 atom stereocenters. The van der Waals surface area contributed by atoms with Crippen molar-refractivity contribution in [1.29, 1.82) is 0 Å². The van der Waals surface area contributed by atoms with Crippen LogP contribution in [0.25, 0.3) is 66.1 Å². The zero-order chi connectivity index (χ0) is 27.1. The van der Waals surface area contributed by atoms with Gasteiger partial charge in [0.15, 0.2) is 0 Å². The van der Waals surface area contributed by atoms with Crippen molar-refractivity contribution in [3.05, 3.63) is 157 Å². The number of hydrogen-bond donors (Lipinski definition) is 0. The second-order valence-electron chi connectivity index (χ2n) is 10.7. The molecule has 0 heteroatoms. The first-order valence-corrected chi connectivity index (χ1v) is 13.9. The minimum atomic E-state index is 1.23. The maximum Gasteiger partial charge on any atom is -0.00259 e. The summed E-state index contributed by atoms with van der Waals surface area (Å²) in [5, 5.41) is 5.11. The molecule has 190 valence electrons. The smallest absolute Gasteiger partial charge is 0.00259 e. The highest BCUT2D eigenvalue weighted by Gasteiger charge is 2.17. The molecule has 40 heavy (non-hydrogen) atoms. The monoisotopic (exact) mass is 510 g/mol. The molecule has 0 fully saturated rings. The first kappa shape index (κ1) is 24.1. The molecule has 0 spiro atoms. The van der Waals surface area contributed by atoms with E-state index in [0.29, 0.717) is 0 Å². The van der Waals surface area contributed by atoms with Crippen LogP contribution in [0.1, 0.15) is 11.1 Å². The largest absolute Gasteiger partial charge is 0.0622 e. The Bertz CT molecular complexity index is 1890. The molecule has 0 nitrogen and oxygen atoms in total. The summed E-state index contributed by atoms with van der Waals surface area (Å²) in [5.41, 5.74) is 12.6. The van der Waals surface area contributed by atoms with Crippen molar-refractivity contribution in [2.24, 2.45) is 0 Å². The van der Waals surface area contributed by atoms with Gasteiger partial charge in [0.25, 0.3) is 0 Å². The summed E-state index contributed by atoms with van der Waals surface area (Å²) < 4.78 is 0. The molecule has 0 unspecified atom stereocenters. The van der Waals surface area contributed by atoms with Gasteiger partial charge in [0.1, 0.15) is 0 Å². The maximum atomic E-state index is 2.38. The molecule has 0 saturated carbocycles. The van der Waals surface area contributed by atoms with Gasteiger partial charge in [-0.05, 0) is 98.1 Å². The van der Waals surface area contributed by atoms with Gasteiger partial charge < -0.3 is 0 Å². The van der Waals surface area contributed by atoms with Crippen LogP contribution in [0.3, 0.4) is 0 Å². The third kappa shape index (κ3) is 4.28. The molecule has 0 aliphatic heterocycles. The molecule has 7 aromatic rings. The molecule has 0 aromatic heterocycles. The van der Waals surface area contributed by atoms with E-state index >= 15 is 0 Å². The predicted molar refractivity (Wildman–Crippen MR) is 173 cm³/mol. The van der Waals surface area contributed by atoms with Crippen molar-refractivity contribution in [2.45, 2.75) is 13.8 Å². The molecular weight excluding hydrogens is 480 g/mol. The molecule has 0 radical (unpaired) electrons. The van der Waals surface area contributed by atoms with Crippen molar-refractivity contribution in [1.82, 2.24) is 0 Å². The highest BCUT2D eigenvalue weighted by atomic mass is 14.2. The van der Waals surface area contributed by atoms with Crippen molar-refractivity contribution >= 4 is 21.5 Å². The van der Waals surface area contributed by atoms with Crippen molar-refractivity contribution in [3.8, 4) is 44.5 Å². The van der Waals surface area contributed by atoms with E-state index < -0.39 is 0 Å². The Morgan fingerprint density at radius 1 is 0.275 bits per heavy atom. The molecule has 0 saturated heterocycles. The van der Waals surface area contributed by atoms with Crippen LogP contribution in [0, 0.1) is 13.8 Å². The fraction of sp³-hybridized carbons (Fsp3) is 0.0500. The maximum absolute atomic E-state index is 2.38. The molecule has 0 amide bonds. The third-order valence-corrected chi connectivity index (χ3v) is 7.92. The molecule has 7 aromatic carbocycles. The van der Waals surface area contributed by atoms with E-state index in [1.807, 2.05) is 0 Å². The van der Waals surface area contributed by atoms with Crippen LogP contribution in [0.5, 0.6) is 0 Å². The van der Waals surface area contributed by atoms with E-state index in [1.165, 1.54) is 77.2 Å². The van der Waals surface area contributed by atoms with Crippen LogP contribution >= 0.6 is 0 Å². The molecule has 0 aliphatic carbocycles. The van der Waals surface area contributed by atoms with Crippen molar-refractivity contribution in [2.75, 3.05) is 0 Å². The van der Waals surface area contributed by atoms with Gasteiger partial charge in [-0.1, -0.05) is 139 Å². The Balaban J connectivity index is 1.59.